The van der Waals surface area contributed by atoms with Crippen molar-refractivity contribution in [3.05, 3.63) is 51.5 Å². The molecule has 0 radical (unpaired) electrons. The lowest BCUT2D eigenvalue weighted by Crippen LogP contribution is -2.44. The molecule has 2 aromatic rings. The lowest BCUT2D eigenvalue weighted by Gasteiger charge is -2.40. The monoisotopic (exact) mass is 342 g/mol. The predicted octanol–water partition coefficient (Wildman–Crippen LogP) is 3.72. The number of benzene rings is 1. The lowest BCUT2D eigenvalue weighted by molar-refractivity contribution is 0.0690. The highest BCUT2D eigenvalue weighted by molar-refractivity contribution is 7.12. The molecule has 1 heterocycles. The molecule has 2 fully saturated rings. The fraction of sp³-hybridized carbons (Fsp3) is 0.474. The number of nitrogens with one attached hydrogen (secondary N) is 1. The van der Waals surface area contributed by atoms with Gasteiger partial charge in [-0.1, -0.05) is 36.8 Å². The highest BCUT2D eigenvalue weighted by Crippen LogP contribution is 2.47. The summed E-state index contributed by atoms with van der Waals surface area (Å²) in [6.07, 6.45) is 4.61. The summed E-state index contributed by atoms with van der Waals surface area (Å²) in [4.78, 5) is 16.5. The van der Waals surface area contributed by atoms with E-state index in [0.29, 0.717) is 12.0 Å². The number of hydrogen-bond acceptors (Lipinski definition) is 4. The van der Waals surface area contributed by atoms with Crippen LogP contribution < -0.4 is 5.32 Å². The van der Waals surface area contributed by atoms with Gasteiger partial charge in [-0.05, 0) is 31.7 Å². The summed E-state index contributed by atoms with van der Waals surface area (Å²) in [6.45, 7) is 2.77. The van der Waals surface area contributed by atoms with E-state index in [-0.39, 0.29) is 11.1 Å². The van der Waals surface area contributed by atoms with Crippen LogP contribution in [0, 0.1) is 6.92 Å². The van der Waals surface area contributed by atoms with Gasteiger partial charge in [-0.15, -0.1) is 11.3 Å². The topological polar surface area (TPSA) is 62.2 Å². The van der Waals surface area contributed by atoms with Crippen LogP contribution >= 0.6 is 11.3 Å². The van der Waals surface area contributed by atoms with E-state index in [1.165, 1.54) is 18.4 Å². The molecule has 0 spiro atoms. The van der Waals surface area contributed by atoms with Crippen molar-refractivity contribution in [2.45, 2.75) is 50.0 Å². The maximum absolute atomic E-state index is 11.3. The van der Waals surface area contributed by atoms with E-state index in [1.807, 2.05) is 6.92 Å². The van der Waals surface area contributed by atoms with Crippen LogP contribution in [0.1, 0.15) is 57.5 Å². The quantitative estimate of drug-likeness (QED) is 0.840. The number of carbonyl (C=O) groups is 1. The fourth-order valence-electron chi connectivity index (χ4n) is 3.71. The first-order valence-electron chi connectivity index (χ1n) is 8.59. The summed E-state index contributed by atoms with van der Waals surface area (Å²) in [7, 11) is 0. The van der Waals surface area contributed by atoms with Crippen molar-refractivity contribution in [2.24, 2.45) is 0 Å². The second kappa shape index (κ2) is 5.97. The third kappa shape index (κ3) is 2.76. The first-order valence-corrected chi connectivity index (χ1v) is 9.40. The van der Waals surface area contributed by atoms with Crippen LogP contribution in [0.2, 0.25) is 0 Å². The molecule has 2 atom stereocenters. The molecule has 1 aromatic heterocycles. The SMILES string of the molecule is Cc1sc(C2(CNC3CC3c3ccccc3)CCC2)nc1C(=O)O. The lowest BCUT2D eigenvalue weighted by atomic mass is 9.69. The maximum atomic E-state index is 11.3. The summed E-state index contributed by atoms with van der Waals surface area (Å²) < 4.78 is 0. The number of aromatic carboxylic acids is 1. The van der Waals surface area contributed by atoms with Crippen LogP contribution in [0.4, 0.5) is 0 Å². The Kier molecular flexibility index (Phi) is 3.93. The van der Waals surface area contributed by atoms with Gasteiger partial charge >= 0.3 is 5.97 Å². The molecule has 0 bridgehead atoms. The molecule has 4 nitrogen and oxygen atoms in total. The van der Waals surface area contributed by atoms with Gasteiger partial charge in [0.2, 0.25) is 0 Å². The van der Waals surface area contributed by atoms with Crippen LogP contribution in [0.25, 0.3) is 0 Å². The molecule has 2 N–H and O–H groups in total. The molecule has 4 rings (SSSR count). The van der Waals surface area contributed by atoms with Crippen molar-refractivity contribution in [1.82, 2.24) is 10.3 Å². The van der Waals surface area contributed by atoms with E-state index in [9.17, 15) is 9.90 Å². The van der Waals surface area contributed by atoms with E-state index in [4.69, 9.17) is 0 Å². The molecule has 24 heavy (non-hydrogen) atoms. The van der Waals surface area contributed by atoms with E-state index < -0.39 is 5.97 Å². The Bertz CT molecular complexity index is 752. The highest BCUT2D eigenvalue weighted by Gasteiger charge is 2.45. The summed E-state index contributed by atoms with van der Waals surface area (Å²) in [5, 5.41) is 14.0. The van der Waals surface area contributed by atoms with Crippen molar-refractivity contribution in [3.8, 4) is 0 Å². The first-order chi connectivity index (χ1) is 11.6. The Morgan fingerprint density at radius 3 is 2.71 bits per heavy atom. The van der Waals surface area contributed by atoms with Gasteiger partial charge in [0.05, 0.1) is 0 Å². The van der Waals surface area contributed by atoms with Gasteiger partial charge < -0.3 is 10.4 Å². The molecule has 0 aliphatic heterocycles. The standard InChI is InChI=1S/C19H22N2O2S/c1-12-16(17(22)23)21-18(24-12)19(8-5-9-19)11-20-15-10-14(15)13-6-3-2-4-7-13/h2-4,6-7,14-15,20H,5,8-11H2,1H3,(H,22,23). The number of hydrogen-bond donors (Lipinski definition) is 2. The van der Waals surface area contributed by atoms with Gasteiger partial charge in [-0.25, -0.2) is 9.78 Å². The van der Waals surface area contributed by atoms with E-state index in [1.54, 1.807) is 11.3 Å². The van der Waals surface area contributed by atoms with Gasteiger partial charge in [0, 0.05) is 28.8 Å². The summed E-state index contributed by atoms with van der Waals surface area (Å²) in [5.41, 5.74) is 1.69. The van der Waals surface area contributed by atoms with Gasteiger partial charge in [0.25, 0.3) is 0 Å². The number of carboxylic acid groups (broad SMARTS) is 1. The number of thiazole rings is 1. The second-order valence-electron chi connectivity index (χ2n) is 7.10. The maximum Gasteiger partial charge on any atom is 0.355 e. The minimum Gasteiger partial charge on any atom is -0.476 e. The van der Waals surface area contributed by atoms with Crippen LogP contribution in [0.3, 0.4) is 0 Å². The number of aryl methyl sites for hydroxylation is 1. The zero-order chi connectivity index (χ0) is 16.7. The molecular weight excluding hydrogens is 320 g/mol. The fourth-order valence-corrected chi connectivity index (χ4v) is 4.86. The average molecular weight is 342 g/mol. The Morgan fingerprint density at radius 1 is 1.38 bits per heavy atom. The van der Waals surface area contributed by atoms with Crippen molar-refractivity contribution < 1.29 is 9.90 Å². The Balaban J connectivity index is 1.43. The van der Waals surface area contributed by atoms with Gasteiger partial charge in [0.15, 0.2) is 5.69 Å². The number of carboxylic acids is 1. The molecule has 2 aliphatic carbocycles. The highest BCUT2D eigenvalue weighted by atomic mass is 32.1. The Labute approximate surface area is 145 Å². The Morgan fingerprint density at radius 2 is 2.12 bits per heavy atom. The van der Waals surface area contributed by atoms with E-state index >= 15 is 0 Å². The third-order valence-corrected chi connectivity index (χ3v) is 6.70. The minimum atomic E-state index is -0.913. The molecule has 2 aliphatic rings. The van der Waals surface area contributed by atoms with Crippen LogP contribution in [0.5, 0.6) is 0 Å². The minimum absolute atomic E-state index is 0.0486. The smallest absolute Gasteiger partial charge is 0.355 e. The Hall–Kier alpha value is -1.72. The van der Waals surface area contributed by atoms with E-state index in [2.05, 4.69) is 40.6 Å². The second-order valence-corrected chi connectivity index (χ2v) is 8.31. The van der Waals surface area contributed by atoms with Crippen molar-refractivity contribution >= 4 is 17.3 Å². The van der Waals surface area contributed by atoms with Crippen molar-refractivity contribution in [3.63, 3.8) is 0 Å². The number of rotatable bonds is 6. The number of nitrogens with zero attached hydrogens (tertiary/aromatic N) is 1. The van der Waals surface area contributed by atoms with Crippen LogP contribution in [-0.2, 0) is 5.41 Å². The van der Waals surface area contributed by atoms with Gasteiger partial charge in [-0.2, -0.15) is 0 Å². The first kappa shape index (κ1) is 15.8. The van der Waals surface area contributed by atoms with Gasteiger partial charge in [-0.3, -0.25) is 0 Å². The molecule has 0 saturated heterocycles. The zero-order valence-electron chi connectivity index (χ0n) is 13.8. The third-order valence-electron chi connectivity index (χ3n) is 5.48. The predicted molar refractivity (Wildman–Crippen MR) is 94.9 cm³/mol. The summed E-state index contributed by atoms with van der Waals surface area (Å²) in [6, 6.07) is 11.2. The van der Waals surface area contributed by atoms with Crippen LogP contribution in [-0.4, -0.2) is 28.6 Å². The number of aromatic nitrogens is 1. The van der Waals surface area contributed by atoms with Crippen LogP contribution in [0.15, 0.2) is 30.3 Å². The molecule has 2 saturated carbocycles. The molecule has 2 unspecified atom stereocenters. The van der Waals surface area contributed by atoms with E-state index in [0.717, 1.165) is 29.3 Å². The molecule has 0 amide bonds. The molecule has 126 valence electrons. The molecular formula is C19H22N2O2S. The molecule has 1 aromatic carbocycles. The largest absolute Gasteiger partial charge is 0.476 e. The normalized spacial score (nSPS) is 24.4. The summed E-state index contributed by atoms with van der Waals surface area (Å²) in [5.74, 6) is -0.292. The average Bonchev–Trinajstić information content (AvgIpc) is 3.21. The van der Waals surface area contributed by atoms with Gasteiger partial charge in [0.1, 0.15) is 5.01 Å². The van der Waals surface area contributed by atoms with Crippen molar-refractivity contribution in [2.75, 3.05) is 6.54 Å². The zero-order valence-corrected chi connectivity index (χ0v) is 14.6. The molecule has 5 heteroatoms. The van der Waals surface area contributed by atoms with Crippen molar-refractivity contribution in [1.29, 1.82) is 0 Å². The summed E-state index contributed by atoms with van der Waals surface area (Å²) >= 11 is 1.56.